The normalized spacial score (nSPS) is 10.6. The van der Waals surface area contributed by atoms with Crippen molar-refractivity contribution in [2.24, 2.45) is 0 Å². The number of nitrogens with zero attached hydrogens (tertiary/aromatic N) is 2. The van der Waals surface area contributed by atoms with E-state index in [1.165, 1.54) is 13.0 Å². The minimum Gasteiger partial charge on any atom is -0.462 e. The number of alkyl halides is 3. The molecule has 1 aromatic heterocycles. The van der Waals surface area contributed by atoms with Gasteiger partial charge < -0.3 is 9.47 Å². The van der Waals surface area contributed by atoms with E-state index in [0.29, 0.717) is 0 Å². The molecule has 0 unspecified atom stereocenters. The molecule has 1 heterocycles. The van der Waals surface area contributed by atoms with Gasteiger partial charge in [0.2, 0.25) is 5.88 Å². The monoisotopic (exact) mass is 260 g/mol. The number of esters is 1. The summed E-state index contributed by atoms with van der Waals surface area (Å²) in [5.74, 6) is -1.89. The molecule has 0 N–H and O–H groups in total. The SMILES string of the molecule is CCOC(=O)c1ccnc(OC(F)(F)F)c1C#N. The Balaban J connectivity index is 3.19. The van der Waals surface area contributed by atoms with Crippen LogP contribution < -0.4 is 4.74 Å². The average Bonchev–Trinajstić information content (AvgIpc) is 2.27. The minimum absolute atomic E-state index is 0.0293. The largest absolute Gasteiger partial charge is 0.574 e. The summed E-state index contributed by atoms with van der Waals surface area (Å²) >= 11 is 0. The first-order chi connectivity index (χ1) is 8.39. The number of pyridine rings is 1. The van der Waals surface area contributed by atoms with Crippen LogP contribution in [0, 0.1) is 11.3 Å². The van der Waals surface area contributed by atoms with E-state index in [0.717, 1.165) is 12.3 Å². The van der Waals surface area contributed by atoms with Gasteiger partial charge in [0.1, 0.15) is 11.6 Å². The lowest BCUT2D eigenvalue weighted by atomic mass is 10.1. The van der Waals surface area contributed by atoms with Crippen LogP contribution in [-0.2, 0) is 4.74 Å². The van der Waals surface area contributed by atoms with E-state index in [-0.39, 0.29) is 12.2 Å². The summed E-state index contributed by atoms with van der Waals surface area (Å²) in [4.78, 5) is 14.7. The molecule has 0 atom stereocenters. The molecule has 5 nitrogen and oxygen atoms in total. The zero-order chi connectivity index (χ0) is 13.8. The van der Waals surface area contributed by atoms with Gasteiger partial charge in [0, 0.05) is 6.20 Å². The minimum atomic E-state index is -4.99. The van der Waals surface area contributed by atoms with Crippen molar-refractivity contribution < 1.29 is 27.4 Å². The van der Waals surface area contributed by atoms with Crippen LogP contribution in [0.4, 0.5) is 13.2 Å². The lowest BCUT2D eigenvalue weighted by Gasteiger charge is -2.10. The second kappa shape index (κ2) is 5.35. The smallest absolute Gasteiger partial charge is 0.462 e. The highest BCUT2D eigenvalue weighted by molar-refractivity contribution is 5.92. The van der Waals surface area contributed by atoms with Crippen LogP contribution >= 0.6 is 0 Å². The number of halogens is 3. The molecule has 0 amide bonds. The van der Waals surface area contributed by atoms with Gasteiger partial charge in [0.25, 0.3) is 0 Å². The molecule has 1 rings (SSSR count). The third kappa shape index (κ3) is 3.35. The van der Waals surface area contributed by atoms with E-state index >= 15 is 0 Å². The van der Waals surface area contributed by atoms with E-state index in [9.17, 15) is 18.0 Å². The summed E-state index contributed by atoms with van der Waals surface area (Å²) in [5.41, 5.74) is -0.943. The van der Waals surface area contributed by atoms with Crippen molar-refractivity contribution in [3.63, 3.8) is 0 Å². The zero-order valence-corrected chi connectivity index (χ0v) is 9.11. The number of rotatable bonds is 3. The maximum absolute atomic E-state index is 12.1. The molecule has 0 aliphatic carbocycles. The summed E-state index contributed by atoms with van der Waals surface area (Å²) in [6, 6.07) is 2.52. The molecule has 0 spiro atoms. The van der Waals surface area contributed by atoms with Crippen LogP contribution in [0.1, 0.15) is 22.8 Å². The first-order valence-electron chi connectivity index (χ1n) is 4.71. The van der Waals surface area contributed by atoms with Gasteiger partial charge in [0.15, 0.2) is 0 Å². The van der Waals surface area contributed by atoms with Gasteiger partial charge in [0.05, 0.1) is 12.2 Å². The highest BCUT2D eigenvalue weighted by Gasteiger charge is 2.34. The fraction of sp³-hybridized carbons (Fsp3) is 0.300. The van der Waals surface area contributed by atoms with Crippen molar-refractivity contribution in [3.05, 3.63) is 23.4 Å². The fourth-order valence-corrected chi connectivity index (χ4v) is 1.12. The number of hydrogen-bond acceptors (Lipinski definition) is 5. The molecule has 0 bridgehead atoms. The molecule has 8 heteroatoms. The van der Waals surface area contributed by atoms with Crippen LogP contribution in [0.5, 0.6) is 5.88 Å². The molecule has 0 radical (unpaired) electrons. The predicted molar refractivity (Wildman–Crippen MR) is 51.6 cm³/mol. The van der Waals surface area contributed by atoms with Crippen LogP contribution in [0.2, 0.25) is 0 Å². The van der Waals surface area contributed by atoms with Gasteiger partial charge >= 0.3 is 12.3 Å². The first-order valence-corrected chi connectivity index (χ1v) is 4.71. The van der Waals surface area contributed by atoms with Crippen molar-refractivity contribution in [2.45, 2.75) is 13.3 Å². The molecule has 0 aromatic carbocycles. The second-order valence-electron chi connectivity index (χ2n) is 2.92. The van der Waals surface area contributed by atoms with Gasteiger partial charge in [-0.15, -0.1) is 13.2 Å². The van der Waals surface area contributed by atoms with E-state index in [4.69, 9.17) is 5.26 Å². The van der Waals surface area contributed by atoms with Crippen molar-refractivity contribution in [1.82, 2.24) is 4.98 Å². The number of ether oxygens (including phenoxy) is 2. The Morgan fingerprint density at radius 3 is 2.72 bits per heavy atom. The Hall–Kier alpha value is -2.30. The maximum Gasteiger partial charge on any atom is 0.574 e. The van der Waals surface area contributed by atoms with Crippen LogP contribution in [0.25, 0.3) is 0 Å². The molecular weight excluding hydrogens is 253 g/mol. The molecule has 0 fully saturated rings. The molecule has 96 valence electrons. The number of aromatic nitrogens is 1. The molecule has 0 saturated carbocycles. The van der Waals surface area contributed by atoms with E-state index in [1.54, 1.807) is 0 Å². The highest BCUT2D eigenvalue weighted by atomic mass is 19.4. The van der Waals surface area contributed by atoms with E-state index in [1.807, 2.05) is 0 Å². The Labute approximate surface area is 99.8 Å². The molecule has 18 heavy (non-hydrogen) atoms. The first kappa shape index (κ1) is 13.8. The van der Waals surface area contributed by atoms with Gasteiger partial charge in [-0.1, -0.05) is 0 Å². The van der Waals surface area contributed by atoms with Crippen LogP contribution in [0.3, 0.4) is 0 Å². The number of nitriles is 1. The fourth-order valence-electron chi connectivity index (χ4n) is 1.12. The van der Waals surface area contributed by atoms with Gasteiger partial charge in [-0.3, -0.25) is 0 Å². The summed E-state index contributed by atoms with van der Waals surface area (Å²) in [7, 11) is 0. The molecule has 1 aromatic rings. The average molecular weight is 260 g/mol. The molecule has 0 saturated heterocycles. The third-order valence-electron chi connectivity index (χ3n) is 1.74. The number of hydrogen-bond donors (Lipinski definition) is 0. The lowest BCUT2D eigenvalue weighted by Crippen LogP contribution is -2.20. The van der Waals surface area contributed by atoms with E-state index < -0.39 is 23.8 Å². The highest BCUT2D eigenvalue weighted by Crippen LogP contribution is 2.26. The summed E-state index contributed by atoms with van der Waals surface area (Å²) in [6.07, 6.45) is -4.07. The van der Waals surface area contributed by atoms with Crippen molar-refractivity contribution in [3.8, 4) is 11.9 Å². The van der Waals surface area contributed by atoms with Gasteiger partial charge in [-0.05, 0) is 13.0 Å². The second-order valence-corrected chi connectivity index (χ2v) is 2.92. The number of carbonyl (C=O) groups is 1. The zero-order valence-electron chi connectivity index (χ0n) is 9.11. The maximum atomic E-state index is 12.1. The summed E-state index contributed by atoms with van der Waals surface area (Å²) < 4.78 is 44.3. The van der Waals surface area contributed by atoms with E-state index in [2.05, 4.69) is 14.5 Å². The number of carbonyl (C=O) groups excluding carboxylic acids is 1. The standard InChI is InChI=1S/C10H7F3N2O3/c1-2-17-9(16)6-3-4-15-8(7(6)5-14)18-10(11,12)13/h3-4H,2H2,1H3. The topological polar surface area (TPSA) is 72.2 Å². The molecule has 0 aliphatic heterocycles. The lowest BCUT2D eigenvalue weighted by molar-refractivity contribution is -0.276. The Morgan fingerprint density at radius 1 is 1.56 bits per heavy atom. The summed E-state index contributed by atoms with van der Waals surface area (Å²) in [5, 5.41) is 8.77. The van der Waals surface area contributed by atoms with Crippen molar-refractivity contribution in [1.29, 1.82) is 5.26 Å². The quantitative estimate of drug-likeness (QED) is 0.777. The van der Waals surface area contributed by atoms with Crippen LogP contribution in [0.15, 0.2) is 12.3 Å². The molecule has 0 aliphatic rings. The summed E-state index contributed by atoms with van der Waals surface area (Å²) in [6.45, 7) is 1.56. The Bertz CT molecular complexity index is 494. The third-order valence-corrected chi connectivity index (χ3v) is 1.74. The predicted octanol–water partition coefficient (Wildman–Crippen LogP) is 2.03. The van der Waals surface area contributed by atoms with Gasteiger partial charge in [-0.2, -0.15) is 5.26 Å². The van der Waals surface area contributed by atoms with Gasteiger partial charge in [-0.25, -0.2) is 9.78 Å². The Morgan fingerprint density at radius 2 is 2.22 bits per heavy atom. The van der Waals surface area contributed by atoms with Crippen LogP contribution in [-0.4, -0.2) is 23.9 Å². The van der Waals surface area contributed by atoms with Crippen molar-refractivity contribution >= 4 is 5.97 Å². The Kier molecular flexibility index (Phi) is 4.09. The van der Waals surface area contributed by atoms with Crippen molar-refractivity contribution in [2.75, 3.05) is 6.61 Å². The molecular formula is C10H7F3N2O3.